The molecule has 3 aliphatic rings. The van der Waals surface area contributed by atoms with Crippen LogP contribution in [0.3, 0.4) is 0 Å². The van der Waals surface area contributed by atoms with Gasteiger partial charge in [0.1, 0.15) is 5.17 Å². The molecule has 0 aromatic heterocycles. The molecule has 3 rings (SSSR count). The van der Waals surface area contributed by atoms with E-state index in [9.17, 15) is 4.39 Å². The second-order valence-corrected chi connectivity index (χ2v) is 8.52. The molecule has 4 heteroatoms. The smallest absolute Gasteiger partial charge is 0.228 e. The fourth-order valence-corrected chi connectivity index (χ4v) is 5.39. The van der Waals surface area contributed by atoms with Crippen molar-refractivity contribution in [2.45, 2.75) is 83.1 Å². The lowest BCUT2D eigenvalue weighted by molar-refractivity contribution is 0.00808. The minimum absolute atomic E-state index is 0.0632. The average molecular weight is 358 g/mol. The molecule has 1 aliphatic heterocycles. The summed E-state index contributed by atoms with van der Waals surface area (Å²) in [5.41, 5.74) is -1.96. The largest absolute Gasteiger partial charge is 0.234 e. The van der Waals surface area contributed by atoms with Crippen molar-refractivity contribution in [3.05, 3.63) is 12.2 Å². The zero-order valence-electron chi connectivity index (χ0n) is 14.7. The lowest BCUT2D eigenvalue weighted by Gasteiger charge is -2.42. The maximum atomic E-state index is 15.1. The molecule has 0 aromatic carbocycles. The van der Waals surface area contributed by atoms with Crippen LogP contribution in [0.4, 0.5) is 8.78 Å². The van der Waals surface area contributed by atoms with Crippen molar-refractivity contribution in [3.8, 4) is 0 Å². The van der Waals surface area contributed by atoms with E-state index in [1.165, 1.54) is 50.7 Å². The number of allylic oxidation sites excluding steroid dienone is 1. The molecule has 1 heterocycles. The number of halogens is 3. The predicted octanol–water partition coefficient (Wildman–Crippen LogP) is 6.61. The van der Waals surface area contributed by atoms with E-state index in [0.29, 0.717) is 5.92 Å². The van der Waals surface area contributed by atoms with Crippen LogP contribution in [-0.4, -0.2) is 17.1 Å². The Labute approximate surface area is 149 Å². The van der Waals surface area contributed by atoms with Gasteiger partial charge in [-0.2, -0.15) is 0 Å². The Bertz CT molecular complexity index is 476. The van der Waals surface area contributed by atoms with Gasteiger partial charge in [-0.25, -0.2) is 13.8 Å². The van der Waals surface area contributed by atoms with Gasteiger partial charge in [0.05, 0.1) is 0 Å². The van der Waals surface area contributed by atoms with Crippen molar-refractivity contribution >= 4 is 16.8 Å². The Morgan fingerprint density at radius 1 is 1.08 bits per heavy atom. The summed E-state index contributed by atoms with van der Waals surface area (Å²) in [6, 6.07) is 0. The third-order valence-electron chi connectivity index (χ3n) is 6.73. The molecular formula is C20H30ClF2N. The second kappa shape index (κ2) is 7.85. The van der Waals surface area contributed by atoms with Gasteiger partial charge in [0.15, 0.2) is 5.67 Å². The Hall–Kier alpha value is -0.440. The first-order valence-electron chi connectivity index (χ1n) is 9.78. The maximum absolute atomic E-state index is 15.1. The van der Waals surface area contributed by atoms with E-state index in [2.05, 4.69) is 11.9 Å². The summed E-state index contributed by atoms with van der Waals surface area (Å²) >= 11 is 5.69. The predicted molar refractivity (Wildman–Crippen MR) is 97.0 cm³/mol. The molecule has 136 valence electrons. The van der Waals surface area contributed by atoms with Crippen LogP contribution in [0, 0.1) is 23.7 Å². The number of rotatable bonds is 4. The van der Waals surface area contributed by atoms with Crippen LogP contribution < -0.4 is 0 Å². The fourth-order valence-electron chi connectivity index (χ4n) is 5.25. The van der Waals surface area contributed by atoms with Gasteiger partial charge in [0, 0.05) is 5.92 Å². The molecule has 1 nitrogen and oxygen atoms in total. The van der Waals surface area contributed by atoms with E-state index in [1.54, 1.807) is 0 Å². The molecule has 2 atom stereocenters. The van der Waals surface area contributed by atoms with E-state index in [0.717, 1.165) is 37.5 Å². The first-order chi connectivity index (χ1) is 11.5. The van der Waals surface area contributed by atoms with Gasteiger partial charge in [-0.3, -0.25) is 0 Å². The molecule has 0 bridgehead atoms. The number of hydrogen-bond donors (Lipinski definition) is 0. The van der Waals surface area contributed by atoms with Gasteiger partial charge in [-0.15, -0.1) is 0 Å². The molecule has 2 aliphatic carbocycles. The van der Waals surface area contributed by atoms with Crippen molar-refractivity contribution < 1.29 is 8.78 Å². The highest BCUT2D eigenvalue weighted by molar-refractivity contribution is 6.68. The standard InChI is InChI=1S/C20H30ClF2N/c1-2-3-14-4-6-15(7-5-14)16-8-10-17(11-9-16)20(23)13-12-18(21)24-19(20)22/h12-17,19H,2-11H2,1H3/t14-,15-,16-,17-,19?,20?. The maximum Gasteiger partial charge on any atom is 0.228 e. The monoisotopic (exact) mass is 357 g/mol. The van der Waals surface area contributed by atoms with Gasteiger partial charge < -0.3 is 0 Å². The van der Waals surface area contributed by atoms with Crippen molar-refractivity contribution in [3.63, 3.8) is 0 Å². The molecule has 0 aromatic rings. The molecule has 0 radical (unpaired) electrons. The first kappa shape index (κ1) is 18.4. The van der Waals surface area contributed by atoms with E-state index in [1.807, 2.05) is 0 Å². The van der Waals surface area contributed by atoms with Crippen LogP contribution in [0.5, 0.6) is 0 Å². The minimum Gasteiger partial charge on any atom is -0.234 e. The van der Waals surface area contributed by atoms with E-state index in [-0.39, 0.29) is 11.1 Å². The summed E-state index contributed by atoms with van der Waals surface area (Å²) in [4.78, 5) is 3.60. The number of nitrogens with zero attached hydrogens (tertiary/aromatic N) is 1. The molecule has 24 heavy (non-hydrogen) atoms. The molecule has 2 fully saturated rings. The third-order valence-corrected chi connectivity index (χ3v) is 6.95. The Morgan fingerprint density at radius 2 is 1.67 bits per heavy atom. The van der Waals surface area contributed by atoms with Crippen LogP contribution in [0.25, 0.3) is 0 Å². The molecule has 2 saturated carbocycles. The fraction of sp³-hybridized carbons (Fsp3) is 0.850. The molecule has 0 N–H and O–H groups in total. The van der Waals surface area contributed by atoms with Gasteiger partial charge in [0.2, 0.25) is 6.30 Å². The van der Waals surface area contributed by atoms with Gasteiger partial charge in [0.25, 0.3) is 0 Å². The van der Waals surface area contributed by atoms with Crippen LogP contribution >= 0.6 is 11.6 Å². The number of aliphatic imine (C=N–C) groups is 1. The lowest BCUT2D eigenvalue weighted by Crippen LogP contribution is -2.44. The summed E-state index contributed by atoms with van der Waals surface area (Å²) in [6.45, 7) is 2.27. The summed E-state index contributed by atoms with van der Waals surface area (Å²) in [6.07, 6.45) is 12.6. The number of hydrogen-bond acceptors (Lipinski definition) is 1. The van der Waals surface area contributed by atoms with Gasteiger partial charge in [-0.05, 0) is 68.4 Å². The Balaban J connectivity index is 1.51. The number of alkyl halides is 2. The molecule has 0 amide bonds. The summed E-state index contributed by atoms with van der Waals surface area (Å²) in [7, 11) is 0. The lowest BCUT2D eigenvalue weighted by atomic mass is 9.66. The number of dihydropyridines is 1. The second-order valence-electron chi connectivity index (χ2n) is 8.13. The normalized spacial score (nSPS) is 43.5. The topological polar surface area (TPSA) is 12.4 Å². The van der Waals surface area contributed by atoms with Crippen molar-refractivity contribution in [1.29, 1.82) is 0 Å². The van der Waals surface area contributed by atoms with Gasteiger partial charge >= 0.3 is 0 Å². The van der Waals surface area contributed by atoms with Crippen molar-refractivity contribution in [2.75, 3.05) is 0 Å². The van der Waals surface area contributed by atoms with E-state index >= 15 is 4.39 Å². The first-order valence-corrected chi connectivity index (χ1v) is 10.2. The molecular weight excluding hydrogens is 328 g/mol. The minimum atomic E-state index is -1.96. The highest BCUT2D eigenvalue weighted by atomic mass is 35.5. The molecule has 0 spiro atoms. The third kappa shape index (κ3) is 3.86. The van der Waals surface area contributed by atoms with Gasteiger partial charge in [-0.1, -0.05) is 44.2 Å². The SMILES string of the molecule is CCC[C@H]1CC[C@H]([C@H]2CC[C@H](C3(F)C=CC(Cl)=NC3F)CC2)CC1. The summed E-state index contributed by atoms with van der Waals surface area (Å²) in [5, 5.41) is 0.0632. The highest BCUT2D eigenvalue weighted by Crippen LogP contribution is 2.47. The summed E-state index contributed by atoms with van der Waals surface area (Å²) < 4.78 is 29.2. The van der Waals surface area contributed by atoms with Crippen molar-refractivity contribution in [1.82, 2.24) is 0 Å². The van der Waals surface area contributed by atoms with Crippen LogP contribution in [0.2, 0.25) is 0 Å². The van der Waals surface area contributed by atoms with E-state index < -0.39 is 12.0 Å². The molecule has 2 unspecified atom stereocenters. The average Bonchev–Trinajstić information content (AvgIpc) is 2.60. The van der Waals surface area contributed by atoms with Crippen molar-refractivity contribution in [2.24, 2.45) is 28.7 Å². The van der Waals surface area contributed by atoms with Crippen LogP contribution in [0.1, 0.15) is 71.1 Å². The van der Waals surface area contributed by atoms with Crippen LogP contribution in [-0.2, 0) is 0 Å². The van der Waals surface area contributed by atoms with Crippen LogP contribution in [0.15, 0.2) is 17.1 Å². The molecule has 0 saturated heterocycles. The Kier molecular flexibility index (Phi) is 6.00. The van der Waals surface area contributed by atoms with E-state index in [4.69, 9.17) is 11.6 Å². The zero-order valence-corrected chi connectivity index (χ0v) is 15.4. The zero-order chi connectivity index (χ0) is 17.2. The summed E-state index contributed by atoms with van der Waals surface area (Å²) in [5.74, 6) is 2.19. The highest BCUT2D eigenvalue weighted by Gasteiger charge is 2.48. The Morgan fingerprint density at radius 3 is 2.21 bits per heavy atom. The quantitative estimate of drug-likeness (QED) is 0.502.